The van der Waals surface area contributed by atoms with Crippen molar-refractivity contribution >= 4 is 6.08 Å². The first-order chi connectivity index (χ1) is 14.4. The van der Waals surface area contributed by atoms with Crippen LogP contribution in [0, 0.1) is 18.3 Å². The van der Waals surface area contributed by atoms with Gasteiger partial charge in [-0.2, -0.15) is 5.10 Å². The van der Waals surface area contributed by atoms with Crippen molar-refractivity contribution in [3.63, 3.8) is 0 Å². The van der Waals surface area contributed by atoms with Crippen LogP contribution < -0.4 is 0 Å². The van der Waals surface area contributed by atoms with E-state index in [0.29, 0.717) is 0 Å². The van der Waals surface area contributed by atoms with Crippen LogP contribution in [-0.4, -0.2) is 14.9 Å². The maximum Gasteiger partial charge on any atom is 0.0904 e. The lowest BCUT2D eigenvalue weighted by atomic mass is 9.54. The number of rotatable bonds is 3. The summed E-state index contributed by atoms with van der Waals surface area (Å²) in [6.07, 6.45) is 8.56. The fraction of sp³-hybridized carbons (Fsp3) is 0.370. The summed E-state index contributed by atoms with van der Waals surface area (Å²) >= 11 is 0. The van der Waals surface area contributed by atoms with Crippen LogP contribution in [0.15, 0.2) is 66.4 Å². The first kappa shape index (κ1) is 19.3. The molecule has 2 aromatic carbocycles. The zero-order valence-corrected chi connectivity index (χ0v) is 18.1. The van der Waals surface area contributed by atoms with Gasteiger partial charge >= 0.3 is 0 Å². The van der Waals surface area contributed by atoms with E-state index in [1.807, 2.05) is 31.3 Å². The number of aryl methyl sites for hydroxylation is 1. The van der Waals surface area contributed by atoms with Gasteiger partial charge in [0, 0.05) is 5.92 Å². The standard InChI is InChI=1S/C27H30N2O/c1-19-12-14-23(15-13-19)29-24-16-22-10-7-11-25(26(22,2)17-20(24)18-28-29)27(3,30)21-8-5-4-6-9-21/h4-6,8-9,12-16,18,25,30H,7,10-11,17H2,1-3H3/t25-,26-,27-/m0/s1. The van der Waals surface area contributed by atoms with E-state index in [1.54, 1.807) is 0 Å². The second kappa shape index (κ2) is 6.95. The number of benzene rings is 2. The fourth-order valence-electron chi connectivity index (χ4n) is 5.81. The van der Waals surface area contributed by atoms with Crippen LogP contribution in [-0.2, 0) is 12.0 Å². The lowest BCUT2D eigenvalue weighted by molar-refractivity contribution is -0.0659. The number of aliphatic hydroxyl groups is 1. The van der Waals surface area contributed by atoms with Crippen LogP contribution in [0.4, 0.5) is 0 Å². The van der Waals surface area contributed by atoms with Crippen molar-refractivity contribution in [2.45, 2.75) is 52.1 Å². The van der Waals surface area contributed by atoms with E-state index >= 15 is 0 Å². The first-order valence-corrected chi connectivity index (χ1v) is 11.0. The largest absolute Gasteiger partial charge is 0.385 e. The van der Waals surface area contributed by atoms with E-state index in [1.165, 1.54) is 22.4 Å². The van der Waals surface area contributed by atoms with Gasteiger partial charge in [0.25, 0.3) is 0 Å². The van der Waals surface area contributed by atoms with E-state index in [4.69, 9.17) is 5.10 Å². The molecule has 0 bridgehead atoms. The molecule has 1 saturated carbocycles. The van der Waals surface area contributed by atoms with Crippen LogP contribution >= 0.6 is 0 Å². The van der Waals surface area contributed by atoms with Gasteiger partial charge in [-0.3, -0.25) is 0 Å². The summed E-state index contributed by atoms with van der Waals surface area (Å²) in [5.41, 5.74) is 6.37. The molecule has 3 atom stereocenters. The molecule has 1 aromatic heterocycles. The minimum Gasteiger partial charge on any atom is -0.385 e. The molecular weight excluding hydrogens is 368 g/mol. The van der Waals surface area contributed by atoms with Crippen molar-refractivity contribution in [3.05, 3.63) is 88.8 Å². The second-order valence-corrected chi connectivity index (χ2v) is 9.52. The molecule has 1 N–H and O–H groups in total. The third-order valence-corrected chi connectivity index (χ3v) is 7.51. The van der Waals surface area contributed by atoms with Crippen LogP contribution in [0.1, 0.15) is 55.5 Å². The highest BCUT2D eigenvalue weighted by molar-refractivity contribution is 5.61. The summed E-state index contributed by atoms with van der Waals surface area (Å²) < 4.78 is 2.07. The normalized spacial score (nSPS) is 25.1. The Morgan fingerprint density at radius 2 is 1.83 bits per heavy atom. The van der Waals surface area contributed by atoms with E-state index in [-0.39, 0.29) is 11.3 Å². The lowest BCUT2D eigenvalue weighted by Gasteiger charge is -2.51. The molecule has 0 aliphatic heterocycles. The fourth-order valence-corrected chi connectivity index (χ4v) is 5.81. The summed E-state index contributed by atoms with van der Waals surface area (Å²) in [5.74, 6) is 0.170. The third kappa shape index (κ3) is 2.95. The van der Waals surface area contributed by atoms with Crippen LogP contribution in [0.2, 0.25) is 0 Å². The maximum absolute atomic E-state index is 11.7. The zero-order chi connectivity index (χ0) is 20.9. The molecule has 0 amide bonds. The van der Waals surface area contributed by atoms with Crippen LogP contribution in [0.25, 0.3) is 11.8 Å². The average molecular weight is 399 g/mol. The van der Waals surface area contributed by atoms with Gasteiger partial charge in [-0.05, 0) is 74.3 Å². The van der Waals surface area contributed by atoms with Crippen molar-refractivity contribution in [2.75, 3.05) is 0 Å². The number of aromatic nitrogens is 2. The number of allylic oxidation sites excluding steroid dienone is 1. The van der Waals surface area contributed by atoms with Gasteiger partial charge in [-0.15, -0.1) is 0 Å². The molecule has 2 aliphatic rings. The highest BCUT2D eigenvalue weighted by Crippen LogP contribution is 2.56. The maximum atomic E-state index is 11.7. The van der Waals surface area contributed by atoms with Gasteiger partial charge in [-0.1, -0.05) is 60.5 Å². The second-order valence-electron chi connectivity index (χ2n) is 9.52. The van der Waals surface area contributed by atoms with E-state index < -0.39 is 5.60 Å². The Balaban J connectivity index is 1.56. The number of fused-ring (bicyclic) bond motifs is 2. The SMILES string of the molecule is Cc1ccc(-n2ncc3c2C=C2CCC[C@H]([C@@](C)(O)c4ccccc4)[C@@]2(C)C3)cc1. The van der Waals surface area contributed by atoms with Gasteiger partial charge in [0.15, 0.2) is 0 Å². The van der Waals surface area contributed by atoms with Crippen molar-refractivity contribution in [1.29, 1.82) is 0 Å². The predicted molar refractivity (Wildman–Crippen MR) is 121 cm³/mol. The van der Waals surface area contributed by atoms with Crippen molar-refractivity contribution in [2.24, 2.45) is 11.3 Å². The van der Waals surface area contributed by atoms with Gasteiger partial charge in [-0.25, -0.2) is 4.68 Å². The zero-order valence-electron chi connectivity index (χ0n) is 18.1. The van der Waals surface area contributed by atoms with Gasteiger partial charge in [0.05, 0.1) is 23.2 Å². The highest BCUT2D eigenvalue weighted by atomic mass is 16.3. The number of hydrogen-bond acceptors (Lipinski definition) is 2. The predicted octanol–water partition coefficient (Wildman–Crippen LogP) is 5.83. The summed E-state index contributed by atoms with van der Waals surface area (Å²) in [5, 5.41) is 16.5. The Kier molecular flexibility index (Phi) is 4.48. The van der Waals surface area contributed by atoms with E-state index in [0.717, 1.165) is 36.9 Å². The molecule has 30 heavy (non-hydrogen) atoms. The topological polar surface area (TPSA) is 38.0 Å². The summed E-state index contributed by atoms with van der Waals surface area (Å²) in [6, 6.07) is 18.7. The summed E-state index contributed by atoms with van der Waals surface area (Å²) in [6.45, 7) is 6.47. The van der Waals surface area contributed by atoms with Crippen molar-refractivity contribution < 1.29 is 5.11 Å². The van der Waals surface area contributed by atoms with E-state index in [9.17, 15) is 5.11 Å². The van der Waals surface area contributed by atoms with Crippen molar-refractivity contribution in [1.82, 2.24) is 9.78 Å². The summed E-state index contributed by atoms with van der Waals surface area (Å²) in [7, 11) is 0. The Morgan fingerprint density at radius 3 is 2.57 bits per heavy atom. The molecule has 3 nitrogen and oxygen atoms in total. The first-order valence-electron chi connectivity index (χ1n) is 11.0. The smallest absolute Gasteiger partial charge is 0.0904 e. The Hall–Kier alpha value is -2.65. The molecule has 2 aliphatic carbocycles. The number of nitrogens with zero attached hydrogens (tertiary/aromatic N) is 2. The molecule has 0 spiro atoms. The van der Waals surface area contributed by atoms with Gasteiger partial charge < -0.3 is 5.11 Å². The Bertz CT molecular complexity index is 1090. The highest BCUT2D eigenvalue weighted by Gasteiger charge is 2.51. The summed E-state index contributed by atoms with van der Waals surface area (Å²) in [4.78, 5) is 0. The lowest BCUT2D eigenvalue weighted by Crippen LogP contribution is -2.47. The minimum atomic E-state index is -0.861. The molecule has 0 saturated heterocycles. The van der Waals surface area contributed by atoms with E-state index in [2.05, 4.69) is 61.0 Å². The van der Waals surface area contributed by atoms with Crippen molar-refractivity contribution in [3.8, 4) is 5.69 Å². The van der Waals surface area contributed by atoms with Gasteiger partial charge in [0.2, 0.25) is 0 Å². The quantitative estimate of drug-likeness (QED) is 0.602. The molecular formula is C27H30N2O. The Morgan fingerprint density at radius 1 is 1.10 bits per heavy atom. The molecule has 0 unspecified atom stereocenters. The average Bonchev–Trinajstić information content (AvgIpc) is 3.14. The van der Waals surface area contributed by atoms with Crippen LogP contribution in [0.3, 0.4) is 0 Å². The molecule has 3 aromatic rings. The monoisotopic (exact) mass is 398 g/mol. The molecule has 5 rings (SSSR count). The van der Waals surface area contributed by atoms with Gasteiger partial charge in [0.1, 0.15) is 0 Å². The molecule has 3 heteroatoms. The minimum absolute atomic E-state index is 0.0638. The molecule has 0 radical (unpaired) electrons. The third-order valence-electron chi connectivity index (χ3n) is 7.51. The Labute approximate surface area is 179 Å². The molecule has 1 fully saturated rings. The number of hydrogen-bond donors (Lipinski definition) is 1. The van der Waals surface area contributed by atoms with Crippen LogP contribution in [0.5, 0.6) is 0 Å². The molecule has 154 valence electrons. The molecule has 1 heterocycles.